The lowest BCUT2D eigenvalue weighted by Crippen LogP contribution is -2.23. The Labute approximate surface area is 215 Å². The molecular weight excluding hydrogens is 438 g/mol. The minimum Gasteiger partial charge on any atom is -0.373 e. The molecular formula is C34H33NO. The molecule has 0 saturated heterocycles. The highest BCUT2D eigenvalue weighted by Crippen LogP contribution is 2.32. The molecule has 0 fully saturated rings. The Morgan fingerprint density at radius 3 is 1.53 bits per heavy atom. The number of nitrogens with one attached hydrogen (secondary N) is 1. The molecule has 0 atom stereocenters. The zero-order valence-electron chi connectivity index (χ0n) is 21.5. The monoisotopic (exact) mass is 471 g/mol. The van der Waals surface area contributed by atoms with Crippen LogP contribution in [0.5, 0.6) is 0 Å². The van der Waals surface area contributed by atoms with Crippen molar-refractivity contribution in [3.8, 4) is 0 Å². The maximum Gasteiger partial charge on any atom is 0.188 e. The Bertz CT molecular complexity index is 1320. The molecule has 1 N–H and O–H groups in total. The van der Waals surface area contributed by atoms with E-state index in [0.717, 1.165) is 39.1 Å². The van der Waals surface area contributed by atoms with Crippen LogP contribution in [0.25, 0.3) is 11.3 Å². The number of hydrogen-bond donors (Lipinski definition) is 1. The third kappa shape index (κ3) is 6.09. The van der Waals surface area contributed by atoms with Crippen molar-refractivity contribution in [2.24, 2.45) is 0 Å². The summed E-state index contributed by atoms with van der Waals surface area (Å²) >= 11 is 0. The van der Waals surface area contributed by atoms with Crippen LogP contribution in [0.3, 0.4) is 0 Å². The van der Waals surface area contributed by atoms with Gasteiger partial charge in [0.05, 0.1) is 17.3 Å². The van der Waals surface area contributed by atoms with Gasteiger partial charge in [-0.1, -0.05) is 126 Å². The van der Waals surface area contributed by atoms with Gasteiger partial charge in [-0.05, 0) is 56.0 Å². The Hall–Kier alpha value is -4.17. The summed E-state index contributed by atoms with van der Waals surface area (Å²) in [5.41, 5.74) is 8.91. The third-order valence-electron chi connectivity index (χ3n) is 6.15. The maximum absolute atomic E-state index is 13.8. The Morgan fingerprint density at radius 2 is 1.08 bits per heavy atom. The van der Waals surface area contributed by atoms with E-state index in [1.165, 1.54) is 5.56 Å². The highest BCUT2D eigenvalue weighted by Gasteiger charge is 2.22. The van der Waals surface area contributed by atoms with Crippen molar-refractivity contribution in [3.63, 3.8) is 0 Å². The van der Waals surface area contributed by atoms with Crippen LogP contribution in [-0.4, -0.2) is 5.78 Å². The fourth-order valence-corrected chi connectivity index (χ4v) is 4.28. The fraction of sp³-hybridized carbons (Fsp3) is 0.147. The number of hydrogen-bond acceptors (Lipinski definition) is 2. The molecule has 2 nitrogen and oxygen atoms in total. The van der Waals surface area contributed by atoms with Crippen molar-refractivity contribution in [1.82, 2.24) is 5.32 Å². The summed E-state index contributed by atoms with van der Waals surface area (Å²) in [5, 5.41) is 3.82. The van der Waals surface area contributed by atoms with Gasteiger partial charge in [0.25, 0.3) is 0 Å². The lowest BCUT2D eigenvalue weighted by molar-refractivity contribution is -0.109. The molecule has 0 heterocycles. The molecule has 0 radical (unpaired) electrons. The van der Waals surface area contributed by atoms with E-state index < -0.39 is 0 Å². The zero-order valence-corrected chi connectivity index (χ0v) is 21.5. The minimum absolute atomic E-state index is 0.0122. The fourth-order valence-electron chi connectivity index (χ4n) is 4.28. The summed E-state index contributed by atoms with van der Waals surface area (Å²) in [4.78, 5) is 13.8. The normalized spacial score (nSPS) is 11.6. The molecule has 180 valence electrons. The zero-order chi connectivity index (χ0) is 25.5. The quantitative estimate of drug-likeness (QED) is 0.208. The predicted octanol–water partition coefficient (Wildman–Crippen LogP) is 8.09. The van der Waals surface area contributed by atoms with Gasteiger partial charge in [0.1, 0.15) is 0 Å². The molecule has 0 saturated carbocycles. The molecule has 0 aromatic heterocycles. The van der Waals surface area contributed by atoms with Crippen LogP contribution < -0.4 is 5.32 Å². The van der Waals surface area contributed by atoms with E-state index in [0.29, 0.717) is 5.57 Å². The SMILES string of the molecule is CC(C)=CC(=O)/C(=C(\NC(c1ccccc1)c1ccccc1)c1ccc(C)cc1)c1ccc(C)cc1. The number of ketones is 1. The first-order chi connectivity index (χ1) is 17.4. The molecule has 0 unspecified atom stereocenters. The maximum atomic E-state index is 13.8. The highest BCUT2D eigenvalue weighted by atomic mass is 16.1. The van der Waals surface area contributed by atoms with E-state index in [2.05, 4.69) is 104 Å². The molecule has 4 aromatic rings. The summed E-state index contributed by atoms with van der Waals surface area (Å²) in [7, 11) is 0. The first-order valence-corrected chi connectivity index (χ1v) is 12.4. The van der Waals surface area contributed by atoms with Gasteiger partial charge >= 0.3 is 0 Å². The van der Waals surface area contributed by atoms with Crippen LogP contribution in [0.4, 0.5) is 0 Å². The Morgan fingerprint density at radius 1 is 0.639 bits per heavy atom. The molecule has 4 aromatic carbocycles. The van der Waals surface area contributed by atoms with Gasteiger partial charge in [0.2, 0.25) is 0 Å². The average Bonchev–Trinajstić information content (AvgIpc) is 2.88. The number of carbonyl (C=O) groups excluding carboxylic acids is 1. The van der Waals surface area contributed by atoms with Gasteiger partial charge in [0.15, 0.2) is 5.78 Å². The molecule has 0 aliphatic rings. The molecule has 0 spiro atoms. The number of allylic oxidation sites excluding steroid dienone is 3. The lowest BCUT2D eigenvalue weighted by atomic mass is 9.92. The lowest BCUT2D eigenvalue weighted by Gasteiger charge is -2.25. The highest BCUT2D eigenvalue weighted by molar-refractivity contribution is 6.32. The van der Waals surface area contributed by atoms with Gasteiger partial charge in [-0.2, -0.15) is 0 Å². The number of aryl methyl sites for hydroxylation is 2. The molecule has 0 amide bonds. The Balaban J connectivity index is 1.99. The van der Waals surface area contributed by atoms with Crippen molar-refractivity contribution < 1.29 is 4.79 Å². The summed E-state index contributed by atoms with van der Waals surface area (Å²) < 4.78 is 0. The third-order valence-corrected chi connectivity index (χ3v) is 6.15. The summed E-state index contributed by atoms with van der Waals surface area (Å²) in [6.45, 7) is 8.05. The van der Waals surface area contributed by atoms with Crippen molar-refractivity contribution >= 4 is 17.1 Å². The minimum atomic E-state index is -0.136. The second kappa shape index (κ2) is 11.5. The van der Waals surface area contributed by atoms with Crippen molar-refractivity contribution in [2.75, 3.05) is 0 Å². The standard InChI is InChI=1S/C34H33NO/c1-24(2)23-31(36)32(27-19-15-25(3)16-20-27)34(30-21-17-26(4)18-22-30)35-33(28-11-7-5-8-12-28)29-13-9-6-10-14-29/h5-23,33,35H,1-4H3/b34-32-. The van der Waals surface area contributed by atoms with Gasteiger partial charge in [0, 0.05) is 0 Å². The van der Waals surface area contributed by atoms with Gasteiger partial charge < -0.3 is 5.32 Å². The van der Waals surface area contributed by atoms with E-state index in [4.69, 9.17) is 0 Å². The predicted molar refractivity (Wildman–Crippen MR) is 151 cm³/mol. The Kier molecular flexibility index (Phi) is 7.97. The molecule has 0 aliphatic carbocycles. The van der Waals surface area contributed by atoms with E-state index in [1.807, 2.05) is 38.1 Å². The average molecular weight is 472 g/mol. The van der Waals surface area contributed by atoms with Crippen LogP contribution in [0.1, 0.15) is 53.3 Å². The summed E-state index contributed by atoms with van der Waals surface area (Å²) in [5.74, 6) is -0.0122. The molecule has 2 heteroatoms. The molecule has 0 aliphatic heterocycles. The molecule has 36 heavy (non-hydrogen) atoms. The smallest absolute Gasteiger partial charge is 0.188 e. The first kappa shape index (κ1) is 24.9. The number of rotatable bonds is 8. The van der Waals surface area contributed by atoms with Crippen LogP contribution >= 0.6 is 0 Å². The van der Waals surface area contributed by atoms with E-state index in [-0.39, 0.29) is 11.8 Å². The summed E-state index contributed by atoms with van der Waals surface area (Å²) in [6, 6.07) is 37.2. The van der Waals surface area contributed by atoms with Crippen molar-refractivity contribution in [1.29, 1.82) is 0 Å². The van der Waals surface area contributed by atoms with E-state index in [1.54, 1.807) is 6.08 Å². The van der Waals surface area contributed by atoms with Crippen molar-refractivity contribution in [2.45, 2.75) is 33.7 Å². The van der Waals surface area contributed by atoms with Crippen molar-refractivity contribution in [3.05, 3.63) is 154 Å². The van der Waals surface area contributed by atoms with Gasteiger partial charge in [-0.3, -0.25) is 4.79 Å². The number of carbonyl (C=O) groups is 1. The van der Waals surface area contributed by atoms with Crippen LogP contribution in [0.2, 0.25) is 0 Å². The topological polar surface area (TPSA) is 29.1 Å². The van der Waals surface area contributed by atoms with E-state index >= 15 is 0 Å². The van der Waals surface area contributed by atoms with E-state index in [9.17, 15) is 4.79 Å². The second-order valence-electron chi connectivity index (χ2n) is 9.47. The van der Waals surface area contributed by atoms with Crippen LogP contribution in [0, 0.1) is 13.8 Å². The van der Waals surface area contributed by atoms with Crippen LogP contribution in [-0.2, 0) is 4.79 Å². The largest absolute Gasteiger partial charge is 0.373 e. The number of benzene rings is 4. The first-order valence-electron chi connectivity index (χ1n) is 12.4. The second-order valence-corrected chi connectivity index (χ2v) is 9.47. The van der Waals surface area contributed by atoms with Gasteiger partial charge in [-0.15, -0.1) is 0 Å². The molecule has 0 bridgehead atoms. The summed E-state index contributed by atoms with van der Waals surface area (Å²) in [6.07, 6.45) is 1.73. The van der Waals surface area contributed by atoms with Crippen LogP contribution in [0.15, 0.2) is 121 Å². The molecule has 4 rings (SSSR count). The van der Waals surface area contributed by atoms with Gasteiger partial charge in [-0.25, -0.2) is 0 Å².